The van der Waals surface area contributed by atoms with Crippen LogP contribution in [0.15, 0.2) is 23.1 Å². The van der Waals surface area contributed by atoms with Crippen molar-refractivity contribution in [2.75, 3.05) is 13.1 Å². The van der Waals surface area contributed by atoms with Gasteiger partial charge in [-0.15, -0.1) is 0 Å². The van der Waals surface area contributed by atoms with E-state index < -0.39 is 15.8 Å². The summed E-state index contributed by atoms with van der Waals surface area (Å²) in [6.45, 7) is 1.46. The molecule has 0 amide bonds. The molecule has 0 aromatic heterocycles. The molecule has 0 saturated carbocycles. The fourth-order valence-electron chi connectivity index (χ4n) is 2.09. The predicted molar refractivity (Wildman–Crippen MR) is 72.2 cm³/mol. The van der Waals surface area contributed by atoms with Gasteiger partial charge >= 0.3 is 0 Å². The van der Waals surface area contributed by atoms with E-state index in [-0.39, 0.29) is 16.0 Å². The Morgan fingerprint density at radius 2 is 2.16 bits per heavy atom. The summed E-state index contributed by atoms with van der Waals surface area (Å²) in [5, 5.41) is 3.19. The Morgan fingerprint density at radius 1 is 1.37 bits per heavy atom. The van der Waals surface area contributed by atoms with Gasteiger partial charge in [-0.3, -0.25) is 0 Å². The van der Waals surface area contributed by atoms with E-state index in [2.05, 4.69) is 10.0 Å². The molecule has 4 nitrogen and oxygen atoms in total. The fourth-order valence-corrected chi connectivity index (χ4v) is 3.87. The molecule has 1 aliphatic rings. The molecule has 7 heteroatoms. The number of sulfonamides is 1. The maximum atomic E-state index is 13.2. The Kier molecular flexibility index (Phi) is 4.78. The first-order valence-electron chi connectivity index (χ1n) is 6.17. The standard InChI is InChI=1S/C12H16ClFN2O2S/c13-11-5-4-9(14)7-12(11)19(17,18)16-10-3-1-2-6-15-8-10/h4-5,7,10,15-16H,1-3,6,8H2. The highest BCUT2D eigenvalue weighted by Gasteiger charge is 2.23. The molecule has 1 atom stereocenters. The fraction of sp³-hybridized carbons (Fsp3) is 0.500. The summed E-state index contributed by atoms with van der Waals surface area (Å²) in [4.78, 5) is -0.210. The van der Waals surface area contributed by atoms with E-state index in [1.807, 2.05) is 0 Å². The van der Waals surface area contributed by atoms with Crippen LogP contribution in [0.2, 0.25) is 5.02 Å². The van der Waals surface area contributed by atoms with Crippen LogP contribution < -0.4 is 10.0 Å². The predicted octanol–water partition coefficient (Wildman–Crippen LogP) is 1.90. The third-order valence-corrected chi connectivity index (χ3v) is 5.05. The van der Waals surface area contributed by atoms with Gasteiger partial charge in [0.1, 0.15) is 10.7 Å². The topological polar surface area (TPSA) is 58.2 Å². The summed E-state index contributed by atoms with van der Waals surface area (Å²) >= 11 is 5.83. The molecule has 0 aliphatic carbocycles. The van der Waals surface area contributed by atoms with Crippen LogP contribution in [-0.4, -0.2) is 27.5 Å². The third kappa shape index (κ3) is 3.89. The zero-order valence-electron chi connectivity index (χ0n) is 10.3. The first-order chi connectivity index (χ1) is 8.99. The molecule has 1 aliphatic heterocycles. The van der Waals surface area contributed by atoms with Crippen LogP contribution in [0.25, 0.3) is 0 Å². The van der Waals surface area contributed by atoms with Crippen molar-refractivity contribution in [1.29, 1.82) is 0 Å². The summed E-state index contributed by atoms with van der Waals surface area (Å²) in [6, 6.07) is 3.13. The molecule has 1 heterocycles. The van der Waals surface area contributed by atoms with Gasteiger partial charge in [0.05, 0.1) is 5.02 Å². The number of benzene rings is 1. The minimum Gasteiger partial charge on any atom is -0.315 e. The quantitative estimate of drug-likeness (QED) is 0.897. The lowest BCUT2D eigenvalue weighted by molar-refractivity contribution is 0.520. The second kappa shape index (κ2) is 6.17. The number of hydrogen-bond donors (Lipinski definition) is 2. The Bertz CT molecular complexity index is 543. The molecular formula is C12H16ClFN2O2S. The lowest BCUT2D eigenvalue weighted by Crippen LogP contribution is -2.40. The zero-order chi connectivity index (χ0) is 13.9. The van der Waals surface area contributed by atoms with Gasteiger partial charge in [-0.25, -0.2) is 17.5 Å². The Labute approximate surface area is 117 Å². The Balaban J connectivity index is 2.19. The minimum atomic E-state index is -3.79. The first kappa shape index (κ1) is 14.7. The monoisotopic (exact) mass is 306 g/mol. The van der Waals surface area contributed by atoms with E-state index in [0.717, 1.165) is 37.9 Å². The van der Waals surface area contributed by atoms with E-state index in [1.165, 1.54) is 6.07 Å². The van der Waals surface area contributed by atoms with Gasteiger partial charge < -0.3 is 5.32 Å². The smallest absolute Gasteiger partial charge is 0.242 e. The largest absolute Gasteiger partial charge is 0.315 e. The second-order valence-electron chi connectivity index (χ2n) is 4.59. The molecular weight excluding hydrogens is 291 g/mol. The molecule has 2 rings (SSSR count). The Hall–Kier alpha value is -0.690. The van der Waals surface area contributed by atoms with Gasteiger partial charge in [-0.2, -0.15) is 0 Å². The molecule has 0 spiro atoms. The SMILES string of the molecule is O=S(=O)(NC1CCCCNC1)c1cc(F)ccc1Cl. The van der Waals surface area contributed by atoms with Gasteiger partial charge in [0, 0.05) is 12.6 Å². The van der Waals surface area contributed by atoms with Crippen LogP contribution in [0.3, 0.4) is 0 Å². The maximum absolute atomic E-state index is 13.2. The summed E-state index contributed by atoms with van der Waals surface area (Å²) in [5.41, 5.74) is 0. The number of rotatable bonds is 3. The van der Waals surface area contributed by atoms with Crippen molar-refractivity contribution >= 4 is 21.6 Å². The van der Waals surface area contributed by atoms with Crippen molar-refractivity contribution in [2.24, 2.45) is 0 Å². The highest BCUT2D eigenvalue weighted by Crippen LogP contribution is 2.22. The van der Waals surface area contributed by atoms with Crippen molar-refractivity contribution in [1.82, 2.24) is 10.0 Å². The van der Waals surface area contributed by atoms with Crippen LogP contribution in [0, 0.1) is 5.82 Å². The average Bonchev–Trinajstić information content (AvgIpc) is 2.60. The molecule has 1 aromatic rings. The highest BCUT2D eigenvalue weighted by atomic mass is 35.5. The summed E-state index contributed by atoms with van der Waals surface area (Å²) in [5.74, 6) is -0.622. The summed E-state index contributed by atoms with van der Waals surface area (Å²) in [6.07, 6.45) is 2.75. The maximum Gasteiger partial charge on any atom is 0.242 e. The molecule has 0 bridgehead atoms. The first-order valence-corrected chi connectivity index (χ1v) is 8.03. The van der Waals surface area contributed by atoms with Crippen molar-refractivity contribution in [3.8, 4) is 0 Å². The average molecular weight is 307 g/mol. The van der Waals surface area contributed by atoms with Crippen molar-refractivity contribution in [3.05, 3.63) is 29.0 Å². The van der Waals surface area contributed by atoms with E-state index in [9.17, 15) is 12.8 Å². The van der Waals surface area contributed by atoms with Crippen molar-refractivity contribution in [2.45, 2.75) is 30.2 Å². The normalized spacial score (nSPS) is 21.1. The van der Waals surface area contributed by atoms with E-state index in [4.69, 9.17) is 11.6 Å². The van der Waals surface area contributed by atoms with Crippen LogP contribution >= 0.6 is 11.6 Å². The van der Waals surface area contributed by atoms with E-state index in [1.54, 1.807) is 0 Å². The van der Waals surface area contributed by atoms with Gasteiger partial charge in [-0.05, 0) is 37.6 Å². The molecule has 1 fully saturated rings. The zero-order valence-corrected chi connectivity index (χ0v) is 11.9. The molecule has 2 N–H and O–H groups in total. The molecule has 1 aromatic carbocycles. The molecule has 1 saturated heterocycles. The van der Waals surface area contributed by atoms with Crippen molar-refractivity contribution in [3.63, 3.8) is 0 Å². The number of nitrogens with one attached hydrogen (secondary N) is 2. The minimum absolute atomic E-state index is 0.0236. The van der Waals surface area contributed by atoms with Gasteiger partial charge in [0.15, 0.2) is 0 Å². The molecule has 0 radical (unpaired) electrons. The highest BCUT2D eigenvalue weighted by molar-refractivity contribution is 7.89. The number of hydrogen-bond acceptors (Lipinski definition) is 3. The van der Waals surface area contributed by atoms with Crippen LogP contribution in [-0.2, 0) is 10.0 Å². The lowest BCUT2D eigenvalue weighted by atomic mass is 10.2. The van der Waals surface area contributed by atoms with Crippen LogP contribution in [0.5, 0.6) is 0 Å². The van der Waals surface area contributed by atoms with Crippen LogP contribution in [0.1, 0.15) is 19.3 Å². The molecule has 106 valence electrons. The van der Waals surface area contributed by atoms with E-state index >= 15 is 0 Å². The lowest BCUT2D eigenvalue weighted by Gasteiger charge is -2.17. The van der Waals surface area contributed by atoms with Gasteiger partial charge in [0.25, 0.3) is 0 Å². The summed E-state index contributed by atoms with van der Waals surface area (Å²) in [7, 11) is -3.79. The van der Waals surface area contributed by atoms with E-state index in [0.29, 0.717) is 6.54 Å². The summed E-state index contributed by atoms with van der Waals surface area (Å²) < 4.78 is 40.1. The Morgan fingerprint density at radius 3 is 2.95 bits per heavy atom. The molecule has 19 heavy (non-hydrogen) atoms. The van der Waals surface area contributed by atoms with Crippen LogP contribution in [0.4, 0.5) is 4.39 Å². The third-order valence-electron chi connectivity index (χ3n) is 3.05. The van der Waals surface area contributed by atoms with Crippen molar-refractivity contribution < 1.29 is 12.8 Å². The molecule has 1 unspecified atom stereocenters. The second-order valence-corrected chi connectivity index (χ2v) is 6.68. The number of halogens is 2. The van der Waals surface area contributed by atoms with Gasteiger partial charge in [-0.1, -0.05) is 18.0 Å². The van der Waals surface area contributed by atoms with Gasteiger partial charge in [0.2, 0.25) is 10.0 Å².